The van der Waals surface area contributed by atoms with Crippen LogP contribution in [0.1, 0.15) is 37.7 Å². The molecule has 1 fully saturated rings. The number of nitrogens with zero attached hydrogens (tertiary/aromatic N) is 1. The van der Waals surface area contributed by atoms with Crippen LogP contribution < -0.4 is 26.8 Å². The molecular weight excluding hydrogens is 456 g/mol. The Labute approximate surface area is 208 Å². The zero-order valence-corrected chi connectivity index (χ0v) is 19.8. The number of nitrogens with one attached hydrogen (secondary N) is 3. The number of carboxylic acids is 1. The Morgan fingerprint density at radius 1 is 0.944 bits per heavy atom. The summed E-state index contributed by atoms with van der Waals surface area (Å²) in [6.07, 6.45) is 7.11. The molecule has 1 heterocycles. The molecule has 8 nitrogen and oxygen atoms in total. The highest BCUT2D eigenvalue weighted by Crippen LogP contribution is 2.26. The van der Waals surface area contributed by atoms with E-state index < -0.39 is 22.9 Å². The van der Waals surface area contributed by atoms with Crippen molar-refractivity contribution in [3.8, 4) is 0 Å². The molecule has 0 saturated heterocycles. The number of aliphatic carboxylic acids is 1. The van der Waals surface area contributed by atoms with Gasteiger partial charge in [0.2, 0.25) is 0 Å². The molecule has 1 atom stereocenters. The van der Waals surface area contributed by atoms with Crippen LogP contribution >= 0.6 is 0 Å². The van der Waals surface area contributed by atoms with Gasteiger partial charge in [-0.15, -0.1) is 0 Å². The van der Waals surface area contributed by atoms with Crippen LogP contribution in [0.5, 0.6) is 0 Å². The van der Waals surface area contributed by atoms with E-state index in [1.54, 1.807) is 6.20 Å². The topological polar surface area (TPSA) is 120 Å². The van der Waals surface area contributed by atoms with Crippen molar-refractivity contribution in [3.63, 3.8) is 0 Å². The summed E-state index contributed by atoms with van der Waals surface area (Å²) >= 11 is 0. The molecule has 5 rings (SSSR count). The average molecular weight is 485 g/mol. The Hall–Kier alpha value is -4.20. The molecule has 1 saturated carbocycles. The molecule has 0 radical (unpaired) electrons. The summed E-state index contributed by atoms with van der Waals surface area (Å²) in [5.74, 6) is -0.349. The van der Waals surface area contributed by atoms with Gasteiger partial charge in [0.25, 0.3) is 10.9 Å². The standard InChI is InChI=1S/C28H28N4O4/c33-25-23(30-19-7-2-1-3-8-19)24(26(25)34)32-22(28(35)36)16-17-10-12-20(13-11-17)31-27-21-9-5-4-6-18(21)14-15-29-27/h4-6,9-15,19,22,30,32H,1-3,7-8,16H2,(H,29,31)(H,35,36)/t22-/m0/s1. The smallest absolute Gasteiger partial charge is 0.326 e. The number of rotatable bonds is 9. The Morgan fingerprint density at radius 2 is 1.67 bits per heavy atom. The van der Waals surface area contributed by atoms with Crippen LogP contribution in [0.4, 0.5) is 22.9 Å². The second kappa shape index (κ2) is 10.2. The average Bonchev–Trinajstić information content (AvgIpc) is 2.91. The highest BCUT2D eigenvalue weighted by atomic mass is 16.4. The molecule has 0 aliphatic heterocycles. The Morgan fingerprint density at radius 3 is 2.42 bits per heavy atom. The number of carbonyl (C=O) groups is 1. The van der Waals surface area contributed by atoms with E-state index in [0.717, 1.165) is 53.5 Å². The molecule has 0 bridgehead atoms. The number of hydrogen-bond acceptors (Lipinski definition) is 7. The van der Waals surface area contributed by atoms with Gasteiger partial charge in [-0.1, -0.05) is 55.7 Å². The molecular formula is C28H28N4O4. The lowest BCUT2D eigenvalue weighted by Crippen LogP contribution is -2.43. The van der Waals surface area contributed by atoms with Crippen molar-refractivity contribution >= 4 is 39.6 Å². The van der Waals surface area contributed by atoms with Crippen molar-refractivity contribution in [2.45, 2.75) is 50.6 Å². The lowest BCUT2D eigenvalue weighted by Gasteiger charge is -2.26. The molecule has 184 valence electrons. The molecule has 0 spiro atoms. The van der Waals surface area contributed by atoms with E-state index in [4.69, 9.17) is 0 Å². The maximum atomic E-state index is 12.2. The Bertz CT molecular complexity index is 1450. The lowest BCUT2D eigenvalue weighted by atomic mass is 9.95. The van der Waals surface area contributed by atoms with Crippen LogP contribution in [-0.4, -0.2) is 28.1 Å². The van der Waals surface area contributed by atoms with Gasteiger partial charge in [0.1, 0.15) is 23.2 Å². The summed E-state index contributed by atoms with van der Waals surface area (Å²) < 4.78 is 0. The first-order valence-electron chi connectivity index (χ1n) is 12.3. The molecule has 36 heavy (non-hydrogen) atoms. The molecule has 0 unspecified atom stereocenters. The summed E-state index contributed by atoms with van der Waals surface area (Å²) in [4.78, 5) is 40.8. The summed E-state index contributed by atoms with van der Waals surface area (Å²) in [5.41, 5.74) is 0.667. The number of aromatic nitrogens is 1. The molecule has 8 heteroatoms. The Kier molecular flexibility index (Phi) is 6.66. The van der Waals surface area contributed by atoms with E-state index in [1.807, 2.05) is 54.6 Å². The first kappa shape index (κ1) is 23.5. The molecule has 1 aromatic heterocycles. The fourth-order valence-corrected chi connectivity index (χ4v) is 4.81. The fourth-order valence-electron chi connectivity index (χ4n) is 4.81. The summed E-state index contributed by atoms with van der Waals surface area (Å²) in [6.45, 7) is 0. The van der Waals surface area contributed by atoms with Crippen LogP contribution in [0.3, 0.4) is 0 Å². The maximum Gasteiger partial charge on any atom is 0.326 e. The number of fused-ring (bicyclic) bond motifs is 1. The molecule has 3 aromatic carbocycles. The highest BCUT2D eigenvalue weighted by molar-refractivity contribution is 5.93. The van der Waals surface area contributed by atoms with Gasteiger partial charge in [-0.25, -0.2) is 9.78 Å². The maximum absolute atomic E-state index is 12.2. The third kappa shape index (κ3) is 4.93. The van der Waals surface area contributed by atoms with Crippen LogP contribution in [0.25, 0.3) is 10.8 Å². The monoisotopic (exact) mass is 484 g/mol. The second-order valence-electron chi connectivity index (χ2n) is 9.33. The van der Waals surface area contributed by atoms with Gasteiger partial charge in [0, 0.05) is 29.7 Å². The SMILES string of the molecule is O=C(O)[C@H](Cc1ccc(Nc2nccc3ccccc23)cc1)Nc1c(NC2CCCCC2)c(=O)c1=O. The van der Waals surface area contributed by atoms with Crippen molar-refractivity contribution in [2.24, 2.45) is 0 Å². The van der Waals surface area contributed by atoms with Crippen LogP contribution in [-0.2, 0) is 11.2 Å². The Balaban J connectivity index is 1.27. The number of carboxylic acid groups (broad SMARTS) is 1. The van der Waals surface area contributed by atoms with E-state index in [2.05, 4.69) is 20.9 Å². The minimum absolute atomic E-state index is 0.0818. The van der Waals surface area contributed by atoms with Gasteiger partial charge >= 0.3 is 5.97 Å². The van der Waals surface area contributed by atoms with E-state index in [0.29, 0.717) is 0 Å². The first-order chi connectivity index (χ1) is 17.5. The highest BCUT2D eigenvalue weighted by Gasteiger charge is 2.28. The third-order valence-electron chi connectivity index (χ3n) is 6.81. The number of pyridine rings is 1. The molecule has 4 N–H and O–H groups in total. The van der Waals surface area contributed by atoms with E-state index >= 15 is 0 Å². The minimum Gasteiger partial charge on any atom is -0.480 e. The second-order valence-corrected chi connectivity index (χ2v) is 9.33. The first-order valence-corrected chi connectivity index (χ1v) is 12.3. The molecule has 1 aliphatic carbocycles. The van der Waals surface area contributed by atoms with Gasteiger partial charge in [0.15, 0.2) is 0 Å². The lowest BCUT2D eigenvalue weighted by molar-refractivity contribution is -0.137. The van der Waals surface area contributed by atoms with Gasteiger partial charge < -0.3 is 21.1 Å². The van der Waals surface area contributed by atoms with Gasteiger partial charge in [-0.3, -0.25) is 9.59 Å². The van der Waals surface area contributed by atoms with Crippen LogP contribution in [0, 0.1) is 0 Å². The predicted molar refractivity (Wildman–Crippen MR) is 142 cm³/mol. The number of benzene rings is 2. The summed E-state index contributed by atoms with van der Waals surface area (Å²) in [6, 6.07) is 16.4. The zero-order chi connectivity index (χ0) is 25.1. The largest absolute Gasteiger partial charge is 0.480 e. The summed E-state index contributed by atoms with van der Waals surface area (Å²) in [5, 5.41) is 21.2. The van der Waals surface area contributed by atoms with Crippen molar-refractivity contribution in [3.05, 3.63) is 86.8 Å². The summed E-state index contributed by atoms with van der Waals surface area (Å²) in [7, 11) is 0. The van der Waals surface area contributed by atoms with E-state index in [1.165, 1.54) is 6.42 Å². The minimum atomic E-state index is -1.09. The number of hydrogen-bond donors (Lipinski definition) is 4. The molecule has 1 aliphatic rings. The van der Waals surface area contributed by atoms with Crippen LogP contribution in [0.2, 0.25) is 0 Å². The normalized spacial score (nSPS) is 15.0. The van der Waals surface area contributed by atoms with Gasteiger partial charge in [0.05, 0.1) is 0 Å². The predicted octanol–water partition coefficient (Wildman–Crippen LogP) is 4.43. The molecule has 4 aromatic rings. The van der Waals surface area contributed by atoms with Crippen molar-refractivity contribution < 1.29 is 9.90 Å². The van der Waals surface area contributed by atoms with E-state index in [9.17, 15) is 19.5 Å². The zero-order valence-electron chi connectivity index (χ0n) is 19.8. The third-order valence-corrected chi connectivity index (χ3v) is 6.81. The van der Waals surface area contributed by atoms with Gasteiger partial charge in [-0.05, 0) is 42.0 Å². The van der Waals surface area contributed by atoms with Crippen LogP contribution in [0.15, 0.2) is 70.4 Å². The number of anilines is 4. The van der Waals surface area contributed by atoms with Gasteiger partial charge in [-0.2, -0.15) is 0 Å². The fraction of sp³-hybridized carbons (Fsp3) is 0.286. The van der Waals surface area contributed by atoms with Crippen molar-refractivity contribution in [2.75, 3.05) is 16.0 Å². The van der Waals surface area contributed by atoms with Crippen molar-refractivity contribution in [1.29, 1.82) is 0 Å². The molecule has 0 amide bonds. The quantitative estimate of drug-likeness (QED) is 0.258. The van der Waals surface area contributed by atoms with Crippen molar-refractivity contribution in [1.82, 2.24) is 4.98 Å². The van der Waals surface area contributed by atoms with E-state index in [-0.39, 0.29) is 23.8 Å².